The zero-order valence-corrected chi connectivity index (χ0v) is 9.92. The summed E-state index contributed by atoms with van der Waals surface area (Å²) >= 11 is 0. The van der Waals surface area contributed by atoms with Crippen LogP contribution in [0.4, 0.5) is 0 Å². The van der Waals surface area contributed by atoms with E-state index in [4.69, 9.17) is 4.42 Å². The van der Waals surface area contributed by atoms with Gasteiger partial charge in [-0.3, -0.25) is 9.56 Å². The summed E-state index contributed by atoms with van der Waals surface area (Å²) in [7, 11) is 1.73. The molecule has 2 rings (SSSR count). The van der Waals surface area contributed by atoms with Crippen LogP contribution in [0.1, 0.15) is 18.5 Å². The van der Waals surface area contributed by atoms with Crippen molar-refractivity contribution in [1.29, 1.82) is 0 Å². The third-order valence-electron chi connectivity index (χ3n) is 2.38. The lowest BCUT2D eigenvalue weighted by Gasteiger charge is -2.09. The van der Waals surface area contributed by atoms with Crippen LogP contribution < -0.4 is 5.32 Å². The van der Waals surface area contributed by atoms with Crippen LogP contribution in [0.25, 0.3) is 0 Å². The largest absolute Gasteiger partial charge is 0.467 e. The van der Waals surface area contributed by atoms with Gasteiger partial charge >= 0.3 is 0 Å². The Balaban J connectivity index is 2.07. The lowest BCUT2D eigenvalue weighted by molar-refractivity contribution is 0.501. The Kier molecular flexibility index (Phi) is 3.54. The van der Waals surface area contributed by atoms with E-state index in [9.17, 15) is 0 Å². The quantitative estimate of drug-likeness (QED) is 0.635. The third kappa shape index (κ3) is 2.52. The van der Waals surface area contributed by atoms with E-state index in [1.807, 2.05) is 23.6 Å². The maximum atomic E-state index is 5.24. The number of furan rings is 1. The van der Waals surface area contributed by atoms with Crippen molar-refractivity contribution in [2.24, 2.45) is 4.99 Å². The summed E-state index contributed by atoms with van der Waals surface area (Å²) in [5.74, 6) is 2.44. The van der Waals surface area contributed by atoms with Gasteiger partial charge in [0.1, 0.15) is 17.9 Å². The number of aliphatic imine (C=N–C) groups is 1. The van der Waals surface area contributed by atoms with Gasteiger partial charge < -0.3 is 9.73 Å². The average molecular weight is 233 g/mol. The van der Waals surface area contributed by atoms with Gasteiger partial charge in [0, 0.05) is 13.5 Å². The molecule has 0 amide bonds. The first-order valence-corrected chi connectivity index (χ1v) is 5.47. The second-order valence-corrected chi connectivity index (χ2v) is 3.45. The fourth-order valence-corrected chi connectivity index (χ4v) is 1.53. The molecule has 6 nitrogen and oxygen atoms in total. The van der Waals surface area contributed by atoms with Crippen molar-refractivity contribution < 1.29 is 4.42 Å². The zero-order chi connectivity index (χ0) is 12.1. The number of hydrogen-bond acceptors (Lipinski definition) is 4. The molecular formula is C11H15N5O. The highest BCUT2D eigenvalue weighted by Crippen LogP contribution is 2.00. The van der Waals surface area contributed by atoms with Gasteiger partial charge in [0.15, 0.2) is 0 Å². The number of hydrogen-bond donors (Lipinski definition) is 1. The molecule has 0 atom stereocenters. The van der Waals surface area contributed by atoms with Gasteiger partial charge in [0.25, 0.3) is 0 Å². The Morgan fingerprint density at radius 1 is 1.59 bits per heavy atom. The first-order chi connectivity index (χ1) is 8.35. The first kappa shape index (κ1) is 11.4. The molecule has 90 valence electrons. The van der Waals surface area contributed by atoms with Gasteiger partial charge in [0.05, 0.1) is 12.8 Å². The fourth-order valence-electron chi connectivity index (χ4n) is 1.53. The molecule has 0 bridgehead atoms. The highest BCUT2D eigenvalue weighted by Gasteiger charge is 2.08. The van der Waals surface area contributed by atoms with Gasteiger partial charge in [-0.15, -0.1) is 10.2 Å². The minimum absolute atomic E-state index is 0.584. The van der Waals surface area contributed by atoms with Crippen molar-refractivity contribution in [3.05, 3.63) is 36.3 Å². The van der Waals surface area contributed by atoms with Gasteiger partial charge in [-0.2, -0.15) is 0 Å². The van der Waals surface area contributed by atoms with Crippen LogP contribution >= 0.6 is 0 Å². The highest BCUT2D eigenvalue weighted by atomic mass is 16.3. The minimum atomic E-state index is 0.584. The topological polar surface area (TPSA) is 68.2 Å². The van der Waals surface area contributed by atoms with Crippen LogP contribution in [0, 0.1) is 0 Å². The summed E-state index contributed by atoms with van der Waals surface area (Å²) in [4.78, 5) is 4.19. The smallest absolute Gasteiger partial charge is 0.205 e. The number of nitrogens with one attached hydrogen (secondary N) is 1. The Morgan fingerprint density at radius 2 is 2.47 bits per heavy atom. The molecule has 1 N–H and O–H groups in total. The molecule has 0 aliphatic heterocycles. The Hall–Kier alpha value is -2.11. The van der Waals surface area contributed by atoms with Crippen molar-refractivity contribution in [1.82, 2.24) is 20.1 Å². The molecule has 0 fully saturated rings. The molecule has 0 unspecified atom stereocenters. The molecule has 0 saturated heterocycles. The molecule has 6 heteroatoms. The van der Waals surface area contributed by atoms with Crippen LogP contribution in [-0.2, 0) is 13.0 Å². The predicted molar refractivity (Wildman–Crippen MR) is 63.7 cm³/mol. The zero-order valence-electron chi connectivity index (χ0n) is 9.92. The molecule has 17 heavy (non-hydrogen) atoms. The number of aromatic nitrogens is 3. The van der Waals surface area contributed by atoms with E-state index in [1.165, 1.54) is 0 Å². The van der Waals surface area contributed by atoms with E-state index in [-0.39, 0.29) is 0 Å². The van der Waals surface area contributed by atoms with E-state index in [2.05, 4.69) is 20.5 Å². The lowest BCUT2D eigenvalue weighted by Crippen LogP contribution is -2.30. The molecule has 2 heterocycles. The Morgan fingerprint density at radius 3 is 3.12 bits per heavy atom. The molecule has 0 aliphatic carbocycles. The SMILES string of the molecule is CCc1nncn1/C(=N\C)NCc1ccco1. The number of aryl methyl sites for hydroxylation is 1. The fraction of sp³-hybridized carbons (Fsp3) is 0.364. The Labute approximate surface area is 99.4 Å². The van der Waals surface area contributed by atoms with Crippen LogP contribution in [0.2, 0.25) is 0 Å². The van der Waals surface area contributed by atoms with Gasteiger partial charge in [-0.25, -0.2) is 0 Å². The van der Waals surface area contributed by atoms with Gasteiger partial charge in [0.2, 0.25) is 5.96 Å². The molecule has 0 radical (unpaired) electrons. The number of nitrogens with zero attached hydrogens (tertiary/aromatic N) is 4. The van der Waals surface area contributed by atoms with Crippen molar-refractivity contribution in [2.75, 3.05) is 7.05 Å². The lowest BCUT2D eigenvalue weighted by atomic mass is 10.4. The summed E-state index contributed by atoms with van der Waals surface area (Å²) in [5.41, 5.74) is 0. The molecule has 0 aromatic carbocycles. The Bertz CT molecular complexity index is 486. The van der Waals surface area contributed by atoms with Crippen molar-refractivity contribution in [3.63, 3.8) is 0 Å². The maximum Gasteiger partial charge on any atom is 0.205 e. The van der Waals surface area contributed by atoms with E-state index < -0.39 is 0 Å². The van der Waals surface area contributed by atoms with Crippen molar-refractivity contribution in [2.45, 2.75) is 19.9 Å². The van der Waals surface area contributed by atoms with Gasteiger partial charge in [-0.1, -0.05) is 6.92 Å². The van der Waals surface area contributed by atoms with E-state index >= 15 is 0 Å². The van der Waals surface area contributed by atoms with E-state index in [1.54, 1.807) is 19.6 Å². The predicted octanol–water partition coefficient (Wildman–Crippen LogP) is 1.06. The standard InChI is InChI=1S/C11H15N5O/c1-3-10-15-14-8-16(10)11(12-2)13-7-9-5-4-6-17-9/h4-6,8H,3,7H2,1-2H3,(H,12,13). The summed E-state index contributed by atoms with van der Waals surface area (Å²) in [6.45, 7) is 2.61. The molecular weight excluding hydrogens is 218 g/mol. The average Bonchev–Trinajstić information content (AvgIpc) is 3.00. The second-order valence-electron chi connectivity index (χ2n) is 3.45. The minimum Gasteiger partial charge on any atom is -0.467 e. The molecule has 0 aliphatic rings. The third-order valence-corrected chi connectivity index (χ3v) is 2.38. The first-order valence-electron chi connectivity index (χ1n) is 5.47. The van der Waals surface area contributed by atoms with Crippen molar-refractivity contribution >= 4 is 5.96 Å². The summed E-state index contributed by atoms with van der Waals surface area (Å²) in [6, 6.07) is 3.77. The molecule has 2 aromatic heterocycles. The molecule has 0 saturated carbocycles. The van der Waals surface area contributed by atoms with Crippen LogP contribution in [0.15, 0.2) is 34.1 Å². The molecule has 0 spiro atoms. The summed E-state index contributed by atoms with van der Waals surface area (Å²) in [6.07, 6.45) is 4.10. The monoisotopic (exact) mass is 233 g/mol. The normalized spacial score (nSPS) is 11.8. The summed E-state index contributed by atoms with van der Waals surface area (Å²) < 4.78 is 7.08. The van der Waals surface area contributed by atoms with E-state index in [0.717, 1.165) is 18.0 Å². The van der Waals surface area contributed by atoms with Crippen LogP contribution in [0.3, 0.4) is 0 Å². The van der Waals surface area contributed by atoms with Crippen molar-refractivity contribution in [3.8, 4) is 0 Å². The van der Waals surface area contributed by atoms with Gasteiger partial charge in [-0.05, 0) is 12.1 Å². The van der Waals surface area contributed by atoms with Crippen LogP contribution in [0.5, 0.6) is 0 Å². The maximum absolute atomic E-state index is 5.24. The number of rotatable bonds is 3. The molecule has 2 aromatic rings. The highest BCUT2D eigenvalue weighted by molar-refractivity contribution is 5.82. The second kappa shape index (κ2) is 5.29. The summed E-state index contributed by atoms with van der Waals surface area (Å²) in [5, 5.41) is 11.1. The van der Waals surface area contributed by atoms with E-state index in [0.29, 0.717) is 12.5 Å². The van der Waals surface area contributed by atoms with Crippen LogP contribution in [-0.4, -0.2) is 27.8 Å².